The van der Waals surface area contributed by atoms with E-state index in [1.54, 1.807) is 11.8 Å². The van der Waals surface area contributed by atoms with Crippen LogP contribution in [0.25, 0.3) is 0 Å². The molecule has 0 atom stereocenters. The summed E-state index contributed by atoms with van der Waals surface area (Å²) in [6.07, 6.45) is 2.22. The van der Waals surface area contributed by atoms with Crippen LogP contribution in [0.4, 0.5) is 5.82 Å². The molecule has 0 aliphatic heterocycles. The van der Waals surface area contributed by atoms with Crippen LogP contribution in [-0.4, -0.2) is 27.1 Å². The fourth-order valence-electron chi connectivity index (χ4n) is 1.85. The average molecular weight is 301 g/mol. The third kappa shape index (κ3) is 3.95. The highest BCUT2D eigenvalue weighted by Gasteiger charge is 2.22. The quantitative estimate of drug-likeness (QED) is 0.799. The van der Waals surface area contributed by atoms with Crippen LogP contribution in [0.3, 0.4) is 0 Å². The minimum Gasteiger partial charge on any atom is -0.477 e. The smallest absolute Gasteiger partial charge is 0.354 e. The Kier molecular flexibility index (Phi) is 4.06. The molecular formula is C15H15N3O2S. The molecule has 21 heavy (non-hydrogen) atoms. The molecule has 0 saturated heterocycles. The number of rotatable bonds is 6. The molecular weight excluding hydrogens is 286 g/mol. The molecule has 108 valence electrons. The molecule has 0 radical (unpaired) electrons. The summed E-state index contributed by atoms with van der Waals surface area (Å²) in [7, 11) is 0. The number of hydrogen-bond acceptors (Lipinski definition) is 5. The van der Waals surface area contributed by atoms with Gasteiger partial charge in [-0.25, -0.2) is 14.8 Å². The predicted molar refractivity (Wildman–Crippen MR) is 81.6 cm³/mol. The highest BCUT2D eigenvalue weighted by molar-refractivity contribution is 7.98. The molecule has 0 spiro atoms. The van der Waals surface area contributed by atoms with Gasteiger partial charge in [-0.1, -0.05) is 18.2 Å². The second-order valence-electron chi connectivity index (χ2n) is 4.88. The van der Waals surface area contributed by atoms with Crippen molar-refractivity contribution in [3.05, 3.63) is 47.9 Å². The topological polar surface area (TPSA) is 75.1 Å². The van der Waals surface area contributed by atoms with Crippen molar-refractivity contribution in [1.29, 1.82) is 0 Å². The lowest BCUT2D eigenvalue weighted by molar-refractivity contribution is 0.0690. The number of benzene rings is 1. The largest absolute Gasteiger partial charge is 0.477 e. The van der Waals surface area contributed by atoms with Crippen LogP contribution in [0.2, 0.25) is 0 Å². The van der Waals surface area contributed by atoms with Crippen LogP contribution in [0.5, 0.6) is 0 Å². The minimum atomic E-state index is -1.03. The van der Waals surface area contributed by atoms with E-state index in [-0.39, 0.29) is 5.69 Å². The number of hydrogen-bond donors (Lipinski definition) is 2. The van der Waals surface area contributed by atoms with Gasteiger partial charge in [0.2, 0.25) is 0 Å². The van der Waals surface area contributed by atoms with E-state index >= 15 is 0 Å². The van der Waals surface area contributed by atoms with E-state index in [1.165, 1.54) is 6.07 Å². The summed E-state index contributed by atoms with van der Waals surface area (Å²) in [6.45, 7) is 0. The van der Waals surface area contributed by atoms with Gasteiger partial charge < -0.3 is 10.4 Å². The van der Waals surface area contributed by atoms with Gasteiger partial charge in [-0.3, -0.25) is 0 Å². The van der Waals surface area contributed by atoms with Crippen molar-refractivity contribution >= 4 is 23.5 Å². The number of thioether (sulfide) groups is 1. The van der Waals surface area contributed by atoms with Crippen LogP contribution in [0.1, 0.15) is 29.2 Å². The van der Waals surface area contributed by atoms with E-state index in [0.29, 0.717) is 23.4 Å². The van der Waals surface area contributed by atoms with Gasteiger partial charge in [0.25, 0.3) is 0 Å². The van der Waals surface area contributed by atoms with Crippen LogP contribution in [0, 0.1) is 0 Å². The molecule has 0 amide bonds. The first-order chi connectivity index (χ1) is 10.2. The summed E-state index contributed by atoms with van der Waals surface area (Å²) in [5.74, 6) is 0.660. The van der Waals surface area contributed by atoms with Gasteiger partial charge in [-0.2, -0.15) is 0 Å². The van der Waals surface area contributed by atoms with Crippen molar-refractivity contribution in [3.63, 3.8) is 0 Å². The monoisotopic (exact) mass is 301 g/mol. The average Bonchev–Trinajstić information content (AvgIpc) is 3.30. The normalized spacial score (nSPS) is 13.9. The Hall–Kier alpha value is -2.08. The number of nitrogens with one attached hydrogen (secondary N) is 1. The van der Waals surface area contributed by atoms with Crippen LogP contribution < -0.4 is 5.32 Å². The highest BCUT2D eigenvalue weighted by Crippen LogP contribution is 2.25. The predicted octanol–water partition coefficient (Wildman–Crippen LogP) is 3.04. The van der Waals surface area contributed by atoms with E-state index in [1.807, 2.05) is 30.3 Å². The molecule has 2 aromatic rings. The molecule has 1 aliphatic rings. The van der Waals surface area contributed by atoms with Crippen molar-refractivity contribution < 1.29 is 9.90 Å². The van der Waals surface area contributed by atoms with E-state index in [2.05, 4.69) is 15.3 Å². The molecule has 1 aliphatic carbocycles. The number of nitrogens with zero attached hydrogens (tertiary/aromatic N) is 2. The first-order valence-corrected chi connectivity index (χ1v) is 7.75. The Morgan fingerprint density at radius 3 is 2.71 bits per heavy atom. The van der Waals surface area contributed by atoms with Crippen molar-refractivity contribution in [2.24, 2.45) is 0 Å². The molecule has 1 fully saturated rings. The maximum Gasteiger partial charge on any atom is 0.354 e. The minimum absolute atomic E-state index is 0.0387. The van der Waals surface area contributed by atoms with Gasteiger partial charge in [0.05, 0.1) is 5.75 Å². The SMILES string of the molecule is O=C(O)c1cc(NC2CC2)nc(CSc2ccccc2)n1. The molecule has 2 N–H and O–H groups in total. The summed E-state index contributed by atoms with van der Waals surface area (Å²) in [6, 6.07) is 11.8. The second kappa shape index (κ2) is 6.13. The molecule has 5 nitrogen and oxygen atoms in total. The van der Waals surface area contributed by atoms with E-state index < -0.39 is 5.97 Å². The molecule has 1 aromatic heterocycles. The van der Waals surface area contributed by atoms with Crippen molar-refractivity contribution in [2.45, 2.75) is 29.5 Å². The van der Waals surface area contributed by atoms with Crippen LogP contribution in [0.15, 0.2) is 41.3 Å². The molecule has 6 heteroatoms. The van der Waals surface area contributed by atoms with Crippen molar-refractivity contribution in [2.75, 3.05) is 5.32 Å². The number of anilines is 1. The zero-order valence-corrected chi connectivity index (χ0v) is 12.1. The third-order valence-electron chi connectivity index (χ3n) is 3.03. The van der Waals surface area contributed by atoms with Crippen molar-refractivity contribution in [1.82, 2.24) is 9.97 Å². The summed E-state index contributed by atoms with van der Waals surface area (Å²) in [5.41, 5.74) is 0.0387. The van der Waals surface area contributed by atoms with E-state index in [0.717, 1.165) is 17.7 Å². The second-order valence-corrected chi connectivity index (χ2v) is 5.93. The first kappa shape index (κ1) is 13.9. The Morgan fingerprint density at radius 2 is 2.05 bits per heavy atom. The van der Waals surface area contributed by atoms with Gasteiger partial charge in [0.1, 0.15) is 11.6 Å². The van der Waals surface area contributed by atoms with Gasteiger partial charge in [-0.05, 0) is 25.0 Å². The van der Waals surface area contributed by atoms with Crippen LogP contribution >= 0.6 is 11.8 Å². The number of aromatic nitrogens is 2. The molecule has 3 rings (SSSR count). The Balaban J connectivity index is 1.76. The van der Waals surface area contributed by atoms with E-state index in [4.69, 9.17) is 5.11 Å². The van der Waals surface area contributed by atoms with Crippen molar-refractivity contribution in [3.8, 4) is 0 Å². The Morgan fingerprint density at radius 1 is 1.29 bits per heavy atom. The summed E-state index contributed by atoms with van der Waals surface area (Å²) in [5, 5.41) is 12.4. The third-order valence-corrected chi connectivity index (χ3v) is 4.04. The lowest BCUT2D eigenvalue weighted by Gasteiger charge is -2.07. The Bertz CT molecular complexity index is 645. The molecule has 0 bridgehead atoms. The van der Waals surface area contributed by atoms with Gasteiger partial charge in [0, 0.05) is 17.0 Å². The highest BCUT2D eigenvalue weighted by atomic mass is 32.2. The Labute approximate surface area is 126 Å². The molecule has 0 unspecified atom stereocenters. The lowest BCUT2D eigenvalue weighted by Crippen LogP contribution is -2.10. The van der Waals surface area contributed by atoms with Gasteiger partial charge in [0.15, 0.2) is 5.69 Å². The van der Waals surface area contributed by atoms with Gasteiger partial charge in [-0.15, -0.1) is 11.8 Å². The van der Waals surface area contributed by atoms with E-state index in [9.17, 15) is 4.79 Å². The number of carbonyl (C=O) groups is 1. The number of carboxylic acid groups (broad SMARTS) is 1. The fraction of sp³-hybridized carbons (Fsp3) is 0.267. The fourth-order valence-corrected chi connectivity index (χ4v) is 2.62. The summed E-state index contributed by atoms with van der Waals surface area (Å²) in [4.78, 5) is 20.8. The lowest BCUT2D eigenvalue weighted by atomic mass is 10.3. The molecule has 1 aromatic carbocycles. The summed E-state index contributed by atoms with van der Waals surface area (Å²) < 4.78 is 0. The maximum absolute atomic E-state index is 11.2. The first-order valence-electron chi connectivity index (χ1n) is 6.76. The van der Waals surface area contributed by atoms with Gasteiger partial charge >= 0.3 is 5.97 Å². The number of aromatic carboxylic acids is 1. The zero-order chi connectivity index (χ0) is 14.7. The summed E-state index contributed by atoms with van der Waals surface area (Å²) >= 11 is 1.59. The molecule has 1 saturated carbocycles. The van der Waals surface area contributed by atoms with Crippen LogP contribution in [-0.2, 0) is 5.75 Å². The molecule has 1 heterocycles. The number of carboxylic acids is 1. The maximum atomic E-state index is 11.2. The zero-order valence-electron chi connectivity index (χ0n) is 11.3. The standard InChI is InChI=1S/C15H15N3O2S/c19-15(20)12-8-13(16-10-6-7-10)18-14(17-12)9-21-11-4-2-1-3-5-11/h1-5,8,10H,6-7,9H2,(H,19,20)(H,16,17,18).